The second kappa shape index (κ2) is 8.44. The molecule has 12 heteroatoms. The number of pyridine rings is 1. The second-order valence-corrected chi connectivity index (χ2v) is 6.83. The van der Waals surface area contributed by atoms with Gasteiger partial charge >= 0.3 is 12.4 Å². The first-order valence-corrected chi connectivity index (χ1v) is 8.91. The van der Waals surface area contributed by atoms with Crippen molar-refractivity contribution in [3.63, 3.8) is 0 Å². The maximum Gasteiger partial charge on any atom is 0.416 e. The van der Waals surface area contributed by atoms with Crippen molar-refractivity contribution >= 4 is 17.7 Å². The molecule has 0 atom stereocenters. The van der Waals surface area contributed by atoms with Gasteiger partial charge in [-0.2, -0.15) is 26.3 Å². The second-order valence-electron chi connectivity index (χ2n) is 6.83. The highest BCUT2D eigenvalue weighted by atomic mass is 19.4. The molecule has 0 spiro atoms. The minimum Gasteiger partial charge on any atom is -0.345 e. The van der Waals surface area contributed by atoms with Crippen molar-refractivity contribution in [1.29, 1.82) is 0 Å². The van der Waals surface area contributed by atoms with Crippen LogP contribution in [-0.2, 0) is 17.1 Å². The SMILES string of the molecule is CN(C)C(=O)/C(=C\n1cnc(-c2cc(C(F)(F)F)cc(C(F)(F)F)c2)n1)c1cccnc1. The first kappa shape index (κ1) is 23.0. The Labute approximate surface area is 177 Å². The number of hydrogen-bond donors (Lipinski definition) is 0. The van der Waals surface area contributed by atoms with Crippen LogP contribution in [0, 0.1) is 0 Å². The van der Waals surface area contributed by atoms with E-state index in [1.165, 1.54) is 37.6 Å². The van der Waals surface area contributed by atoms with E-state index in [4.69, 9.17) is 0 Å². The minimum atomic E-state index is -5.00. The molecule has 0 unspecified atom stereocenters. The van der Waals surface area contributed by atoms with Gasteiger partial charge in [0.15, 0.2) is 5.82 Å². The number of carbonyl (C=O) groups excluding carboxylic acids is 1. The average Bonchev–Trinajstić information content (AvgIpc) is 3.19. The maximum atomic E-state index is 13.1. The molecule has 0 fully saturated rings. The lowest BCUT2D eigenvalue weighted by atomic mass is 10.0. The number of likely N-dealkylation sites (N-methyl/N-ethyl adjacent to an activating group) is 1. The lowest BCUT2D eigenvalue weighted by Crippen LogP contribution is -2.23. The van der Waals surface area contributed by atoms with E-state index >= 15 is 0 Å². The highest BCUT2D eigenvalue weighted by Crippen LogP contribution is 2.38. The van der Waals surface area contributed by atoms with Gasteiger partial charge in [0.25, 0.3) is 5.91 Å². The fourth-order valence-electron chi connectivity index (χ4n) is 2.70. The summed E-state index contributed by atoms with van der Waals surface area (Å²) < 4.78 is 79.7. The Morgan fingerprint density at radius 3 is 2.16 bits per heavy atom. The molecule has 0 aliphatic carbocycles. The van der Waals surface area contributed by atoms with Crippen LogP contribution in [0.25, 0.3) is 23.2 Å². The standard InChI is InChI=1S/C20H15F6N5O/c1-30(2)18(32)16(12-4-3-5-27-9-12)10-31-11-28-17(29-31)13-6-14(19(21,22)23)8-15(7-13)20(24,25)26/h3-11H,1-2H3/b16-10-. The molecule has 0 aliphatic heterocycles. The monoisotopic (exact) mass is 455 g/mol. The van der Waals surface area contributed by atoms with Gasteiger partial charge in [-0.1, -0.05) is 6.07 Å². The highest BCUT2D eigenvalue weighted by Gasteiger charge is 2.37. The summed E-state index contributed by atoms with van der Waals surface area (Å²) in [5.74, 6) is -0.797. The largest absolute Gasteiger partial charge is 0.416 e. The normalized spacial score (nSPS) is 12.7. The third-order valence-electron chi connectivity index (χ3n) is 4.22. The van der Waals surface area contributed by atoms with Crippen molar-refractivity contribution < 1.29 is 31.1 Å². The van der Waals surface area contributed by atoms with E-state index in [0.717, 1.165) is 11.0 Å². The molecule has 1 aromatic carbocycles. The number of nitrogens with zero attached hydrogens (tertiary/aromatic N) is 5. The molecule has 32 heavy (non-hydrogen) atoms. The van der Waals surface area contributed by atoms with Crippen LogP contribution < -0.4 is 0 Å². The van der Waals surface area contributed by atoms with Gasteiger partial charge in [0.05, 0.1) is 16.7 Å². The Morgan fingerprint density at radius 2 is 1.66 bits per heavy atom. The van der Waals surface area contributed by atoms with E-state index in [2.05, 4.69) is 15.1 Å². The van der Waals surface area contributed by atoms with Gasteiger partial charge in [0.1, 0.15) is 6.33 Å². The Morgan fingerprint density at radius 1 is 1.03 bits per heavy atom. The maximum absolute atomic E-state index is 13.1. The van der Waals surface area contributed by atoms with Crippen LogP contribution in [-0.4, -0.2) is 44.7 Å². The molecule has 0 saturated carbocycles. The number of alkyl halides is 6. The van der Waals surface area contributed by atoms with Gasteiger partial charge in [-0.15, -0.1) is 5.10 Å². The molecular weight excluding hydrogens is 440 g/mol. The number of carbonyl (C=O) groups is 1. The number of rotatable bonds is 4. The summed E-state index contributed by atoms with van der Waals surface area (Å²) in [6.07, 6.45) is -4.74. The quantitative estimate of drug-likeness (QED) is 0.431. The predicted molar refractivity (Wildman–Crippen MR) is 103 cm³/mol. The fraction of sp³-hybridized carbons (Fsp3) is 0.200. The van der Waals surface area contributed by atoms with Crippen LogP contribution in [0.2, 0.25) is 0 Å². The molecule has 6 nitrogen and oxygen atoms in total. The summed E-state index contributed by atoms with van der Waals surface area (Å²) in [6.45, 7) is 0. The third-order valence-corrected chi connectivity index (χ3v) is 4.22. The van der Waals surface area contributed by atoms with E-state index in [-0.39, 0.29) is 17.5 Å². The van der Waals surface area contributed by atoms with Crippen LogP contribution in [0.4, 0.5) is 26.3 Å². The fourth-order valence-corrected chi connectivity index (χ4v) is 2.70. The zero-order valence-corrected chi connectivity index (χ0v) is 16.6. The van der Waals surface area contributed by atoms with Gasteiger partial charge < -0.3 is 4.90 Å². The minimum absolute atomic E-state index is 0.0245. The summed E-state index contributed by atoms with van der Waals surface area (Å²) in [5.41, 5.74) is -2.86. The lowest BCUT2D eigenvalue weighted by Gasteiger charge is -2.13. The molecule has 3 aromatic rings. The van der Waals surface area contributed by atoms with Crippen LogP contribution in [0.1, 0.15) is 16.7 Å². The molecule has 168 valence electrons. The summed E-state index contributed by atoms with van der Waals surface area (Å²) in [6, 6.07) is 4.30. The van der Waals surface area contributed by atoms with E-state index in [9.17, 15) is 31.1 Å². The zero-order valence-electron chi connectivity index (χ0n) is 16.6. The topological polar surface area (TPSA) is 63.9 Å². The molecule has 0 bridgehead atoms. The molecule has 0 aliphatic rings. The first-order valence-electron chi connectivity index (χ1n) is 8.91. The van der Waals surface area contributed by atoms with Crippen molar-refractivity contribution in [1.82, 2.24) is 24.6 Å². The summed E-state index contributed by atoms with van der Waals surface area (Å²) >= 11 is 0. The third kappa shape index (κ3) is 5.13. The number of benzene rings is 1. The van der Waals surface area contributed by atoms with Gasteiger partial charge in [-0.25, -0.2) is 9.67 Å². The summed E-state index contributed by atoms with van der Waals surface area (Å²) in [4.78, 5) is 21.6. The number of aromatic nitrogens is 4. The predicted octanol–water partition coefficient (Wildman–Crippen LogP) is 4.46. The van der Waals surface area contributed by atoms with Crippen LogP contribution in [0.3, 0.4) is 0 Å². The molecule has 0 saturated heterocycles. The lowest BCUT2D eigenvalue weighted by molar-refractivity contribution is -0.143. The van der Waals surface area contributed by atoms with Crippen LogP contribution in [0.15, 0.2) is 49.1 Å². The van der Waals surface area contributed by atoms with E-state index in [0.29, 0.717) is 17.7 Å². The molecule has 2 aromatic heterocycles. The van der Waals surface area contributed by atoms with Gasteiger partial charge in [0, 0.05) is 43.8 Å². The molecule has 0 N–H and O–H groups in total. The Bertz CT molecular complexity index is 1120. The molecule has 3 rings (SSSR count). The van der Waals surface area contributed by atoms with Crippen molar-refractivity contribution in [3.8, 4) is 11.4 Å². The molecule has 2 heterocycles. The number of hydrogen-bond acceptors (Lipinski definition) is 4. The Kier molecular flexibility index (Phi) is 6.06. The molecule has 1 amide bonds. The van der Waals surface area contributed by atoms with Crippen molar-refractivity contribution in [2.24, 2.45) is 0 Å². The van der Waals surface area contributed by atoms with Gasteiger partial charge in [0.2, 0.25) is 0 Å². The van der Waals surface area contributed by atoms with Crippen LogP contribution in [0.5, 0.6) is 0 Å². The van der Waals surface area contributed by atoms with Gasteiger partial charge in [-0.3, -0.25) is 9.78 Å². The van der Waals surface area contributed by atoms with E-state index in [1.807, 2.05) is 0 Å². The van der Waals surface area contributed by atoms with E-state index < -0.39 is 35.0 Å². The van der Waals surface area contributed by atoms with Crippen molar-refractivity contribution in [2.45, 2.75) is 12.4 Å². The molecule has 0 radical (unpaired) electrons. The highest BCUT2D eigenvalue weighted by molar-refractivity contribution is 6.22. The summed E-state index contributed by atoms with van der Waals surface area (Å²) in [7, 11) is 3.03. The zero-order chi connectivity index (χ0) is 23.7. The van der Waals surface area contributed by atoms with Gasteiger partial charge in [-0.05, 0) is 24.3 Å². The average molecular weight is 455 g/mol. The van der Waals surface area contributed by atoms with E-state index in [1.54, 1.807) is 12.1 Å². The summed E-state index contributed by atoms with van der Waals surface area (Å²) in [5, 5.41) is 3.94. The smallest absolute Gasteiger partial charge is 0.345 e. The van der Waals surface area contributed by atoms with Crippen LogP contribution >= 0.6 is 0 Å². The van der Waals surface area contributed by atoms with Crippen molar-refractivity contribution in [2.75, 3.05) is 14.1 Å². The first-order chi connectivity index (χ1) is 14.9. The Balaban J connectivity index is 2.08. The number of amides is 1. The molecular formula is C20H15F6N5O. The number of halogens is 6. The van der Waals surface area contributed by atoms with Crippen molar-refractivity contribution in [3.05, 3.63) is 65.7 Å². The Hall–Kier alpha value is -3.70.